The zero-order valence-corrected chi connectivity index (χ0v) is 46.9. The molecule has 6 rings (SSSR count). The zero-order valence-electron chi connectivity index (χ0n) is 46.9. The van der Waals surface area contributed by atoms with E-state index in [0.29, 0.717) is 177 Å². The molecular formula is C56H78N6O21. The van der Waals surface area contributed by atoms with E-state index in [-0.39, 0.29) is 66.0 Å². The molecule has 4 N–H and O–H groups in total. The van der Waals surface area contributed by atoms with E-state index >= 15 is 0 Å². The Balaban J connectivity index is 0.595. The minimum absolute atomic E-state index is 0.0187. The van der Waals surface area contributed by atoms with Gasteiger partial charge in [0.25, 0.3) is 23.6 Å². The Bertz CT molecular complexity index is 2450. The fourth-order valence-electron chi connectivity index (χ4n) is 8.94. The Morgan fingerprint density at radius 2 is 0.747 bits per heavy atom. The summed E-state index contributed by atoms with van der Waals surface area (Å²) < 4.78 is 66.4. The summed E-state index contributed by atoms with van der Waals surface area (Å²) in [5.74, 6) is -4.97. The van der Waals surface area contributed by atoms with Crippen molar-refractivity contribution >= 4 is 64.5 Å². The van der Waals surface area contributed by atoms with Gasteiger partial charge in [-0.2, -0.15) is 0 Å². The van der Waals surface area contributed by atoms with E-state index in [4.69, 9.17) is 56.8 Å². The van der Waals surface area contributed by atoms with Gasteiger partial charge in [0, 0.05) is 38.1 Å². The number of ether oxygens (including phenoxy) is 12. The van der Waals surface area contributed by atoms with Crippen LogP contribution in [-0.2, 0) is 80.8 Å². The first-order valence-corrected chi connectivity index (χ1v) is 28.2. The van der Waals surface area contributed by atoms with Crippen LogP contribution in [0.15, 0.2) is 36.4 Å². The molecule has 4 heterocycles. The molecule has 458 valence electrons. The number of benzene rings is 2. The van der Waals surface area contributed by atoms with Gasteiger partial charge < -0.3 is 67.5 Å². The second kappa shape index (κ2) is 37.9. The molecule has 27 heteroatoms. The van der Waals surface area contributed by atoms with E-state index in [9.17, 15) is 43.2 Å². The molecule has 2 aromatic rings. The van der Waals surface area contributed by atoms with Crippen LogP contribution in [0.1, 0.15) is 92.8 Å². The van der Waals surface area contributed by atoms with E-state index in [1.54, 1.807) is 30.3 Å². The first-order valence-electron chi connectivity index (χ1n) is 28.2. The lowest BCUT2D eigenvalue weighted by Crippen LogP contribution is -2.54. The number of rotatable bonds is 46. The summed E-state index contributed by atoms with van der Waals surface area (Å²) in [6, 6.07) is 7.37. The van der Waals surface area contributed by atoms with Crippen LogP contribution < -0.4 is 21.3 Å². The largest absolute Gasteiger partial charge is 0.382 e. The molecule has 0 spiro atoms. The van der Waals surface area contributed by atoms with Crippen molar-refractivity contribution in [3.8, 4) is 0 Å². The number of unbranched alkanes of at least 4 members (excludes halogenated alkanes) is 2. The van der Waals surface area contributed by atoms with Crippen LogP contribution in [0, 0.1) is 0 Å². The number of carbonyl (C=O) groups is 9. The highest BCUT2D eigenvalue weighted by Gasteiger charge is 2.47. The van der Waals surface area contributed by atoms with E-state index < -0.39 is 59.3 Å². The topological polar surface area (TPSA) is 319 Å². The van der Waals surface area contributed by atoms with Gasteiger partial charge in [0.15, 0.2) is 0 Å². The third kappa shape index (κ3) is 22.1. The summed E-state index contributed by atoms with van der Waals surface area (Å²) in [4.78, 5) is 115. The van der Waals surface area contributed by atoms with Gasteiger partial charge in [-0.15, -0.1) is 0 Å². The number of anilines is 2. The highest BCUT2D eigenvalue weighted by Crippen LogP contribution is 2.34. The number of nitrogens with one attached hydrogen (secondary N) is 4. The Morgan fingerprint density at radius 3 is 1.12 bits per heavy atom. The molecule has 2 saturated heterocycles. The highest BCUT2D eigenvalue weighted by atomic mass is 16.6. The van der Waals surface area contributed by atoms with E-state index in [0.717, 1.165) is 22.6 Å². The Morgan fingerprint density at radius 1 is 0.410 bits per heavy atom. The average molecular weight is 1170 g/mol. The monoisotopic (exact) mass is 1170 g/mol. The number of amides is 9. The molecule has 4 aliphatic rings. The predicted octanol–water partition coefficient (Wildman–Crippen LogP) is 1.30. The number of carbonyl (C=O) groups excluding carboxylic acids is 9. The zero-order chi connectivity index (χ0) is 58.9. The van der Waals surface area contributed by atoms with Crippen LogP contribution in [0.5, 0.6) is 0 Å². The maximum atomic E-state index is 13.2. The van der Waals surface area contributed by atoms with Gasteiger partial charge in [-0.05, 0) is 49.9 Å². The number of hydrogen-bond donors (Lipinski definition) is 4. The van der Waals surface area contributed by atoms with Crippen molar-refractivity contribution in [2.24, 2.45) is 0 Å². The normalized spacial score (nSPS) is 16.9. The van der Waals surface area contributed by atoms with Gasteiger partial charge in [0.1, 0.15) is 12.1 Å². The molecule has 9 amide bonds. The van der Waals surface area contributed by atoms with Gasteiger partial charge in [0.2, 0.25) is 29.5 Å². The van der Waals surface area contributed by atoms with Gasteiger partial charge in [0.05, 0.1) is 180 Å². The van der Waals surface area contributed by atoms with Crippen molar-refractivity contribution in [1.29, 1.82) is 0 Å². The number of nitrogens with zero attached hydrogens (tertiary/aromatic N) is 2. The number of fused-ring (bicyclic) bond motifs is 2. The Kier molecular flexibility index (Phi) is 30.1. The molecule has 83 heavy (non-hydrogen) atoms. The molecule has 2 unspecified atom stereocenters. The molecule has 0 aromatic heterocycles. The summed E-state index contributed by atoms with van der Waals surface area (Å²) in [6.45, 7) is 10.6. The summed E-state index contributed by atoms with van der Waals surface area (Å²) >= 11 is 0. The molecule has 2 fully saturated rings. The standard InChI is InChI=1S/C56H78N6O21/c63-46(58-43-9-5-7-41-50(43)56(71)62(54(41)69)45-12-14-48(65)60-52(45)67)10-2-1-3-16-72-18-20-74-22-24-76-26-28-78-30-32-80-34-36-82-38-39-83-37-35-81-33-31-79-29-27-77-25-23-75-21-19-73-17-15-57-42-8-4-6-40-49(42)55(70)61(53(40)68)44-11-13-47(64)59-51(44)66/h4-9,44-45,57H,1-3,10-39H2,(H,58,63)(H,59,64,66)(H,60,65,67). The van der Waals surface area contributed by atoms with Crippen LogP contribution in [0.4, 0.5) is 11.4 Å². The van der Waals surface area contributed by atoms with E-state index in [1.165, 1.54) is 6.07 Å². The third-order valence-electron chi connectivity index (χ3n) is 13.1. The van der Waals surface area contributed by atoms with Gasteiger partial charge in [-0.3, -0.25) is 63.6 Å². The fraction of sp³-hybridized carbons (Fsp3) is 0.625. The molecule has 0 aliphatic carbocycles. The average Bonchev–Trinajstić information content (AvgIpc) is 3.97. The van der Waals surface area contributed by atoms with Crippen molar-refractivity contribution in [1.82, 2.24) is 20.4 Å². The van der Waals surface area contributed by atoms with Crippen molar-refractivity contribution in [3.63, 3.8) is 0 Å². The molecule has 0 saturated carbocycles. The second-order valence-electron chi connectivity index (χ2n) is 19.0. The van der Waals surface area contributed by atoms with Crippen LogP contribution in [0.2, 0.25) is 0 Å². The van der Waals surface area contributed by atoms with Gasteiger partial charge >= 0.3 is 0 Å². The lowest BCUT2D eigenvalue weighted by Gasteiger charge is -2.27. The minimum Gasteiger partial charge on any atom is -0.382 e. The summed E-state index contributed by atoms with van der Waals surface area (Å²) in [5, 5.41) is 10.2. The summed E-state index contributed by atoms with van der Waals surface area (Å²) in [5.41, 5.74) is 1.23. The second-order valence-corrected chi connectivity index (χ2v) is 19.0. The van der Waals surface area contributed by atoms with Crippen LogP contribution in [0.3, 0.4) is 0 Å². The maximum absolute atomic E-state index is 13.2. The molecule has 0 bridgehead atoms. The quantitative estimate of drug-likeness (QED) is 0.0536. The van der Waals surface area contributed by atoms with Gasteiger partial charge in [-0.1, -0.05) is 18.6 Å². The molecular weight excluding hydrogens is 1090 g/mol. The number of imide groups is 4. The van der Waals surface area contributed by atoms with Crippen molar-refractivity contribution < 1.29 is 100.0 Å². The van der Waals surface area contributed by atoms with Gasteiger partial charge in [-0.25, -0.2) is 0 Å². The molecule has 2 aromatic carbocycles. The predicted molar refractivity (Wildman–Crippen MR) is 292 cm³/mol. The SMILES string of the molecule is O=C1CCC(N2C(=O)c3cccc(NCCOCCOCCOCCOCCOCCOCCOCCOCCOCCOCCOCCOCCCCCC(=O)Nc4cccc5c4C(=O)N(C4CCC(=O)NC4=O)C5=O)c3C2=O)C(=O)N1. The van der Waals surface area contributed by atoms with Crippen LogP contribution in [-0.4, -0.2) is 240 Å². The van der Waals surface area contributed by atoms with E-state index in [1.807, 2.05) is 0 Å². The minimum atomic E-state index is -1.09. The van der Waals surface area contributed by atoms with Crippen LogP contribution >= 0.6 is 0 Å². The maximum Gasteiger partial charge on any atom is 0.264 e. The first kappa shape index (κ1) is 65.9. The molecule has 4 aliphatic heterocycles. The Labute approximate surface area is 481 Å². The third-order valence-corrected chi connectivity index (χ3v) is 13.1. The highest BCUT2D eigenvalue weighted by molar-refractivity contribution is 6.27. The number of piperidine rings is 2. The fourth-order valence-corrected chi connectivity index (χ4v) is 8.94. The summed E-state index contributed by atoms with van der Waals surface area (Å²) in [7, 11) is 0. The van der Waals surface area contributed by atoms with Crippen molar-refractivity contribution in [2.45, 2.75) is 63.5 Å². The smallest absolute Gasteiger partial charge is 0.264 e. The first-order chi connectivity index (χ1) is 40.6. The lowest BCUT2D eigenvalue weighted by atomic mass is 10.0. The van der Waals surface area contributed by atoms with Crippen molar-refractivity contribution in [2.75, 3.05) is 176 Å². The van der Waals surface area contributed by atoms with Crippen LogP contribution in [0.25, 0.3) is 0 Å². The summed E-state index contributed by atoms with van der Waals surface area (Å²) in [6.07, 6.45) is 2.52. The van der Waals surface area contributed by atoms with Crippen molar-refractivity contribution in [3.05, 3.63) is 58.7 Å². The molecule has 2 atom stereocenters. The number of hydrogen-bond acceptors (Lipinski definition) is 22. The van der Waals surface area contributed by atoms with E-state index in [2.05, 4.69) is 21.3 Å². The molecule has 0 radical (unpaired) electrons. The molecule has 27 nitrogen and oxygen atoms in total. The Hall–Kier alpha value is -6.21. The lowest BCUT2D eigenvalue weighted by molar-refractivity contribution is -0.137.